The van der Waals surface area contributed by atoms with Crippen LogP contribution in [-0.4, -0.2) is 24.1 Å². The maximum atomic E-state index is 12.3. The van der Waals surface area contributed by atoms with Gasteiger partial charge in [0.05, 0.1) is 0 Å². The summed E-state index contributed by atoms with van der Waals surface area (Å²) in [7, 11) is 0. The van der Waals surface area contributed by atoms with Gasteiger partial charge in [0.1, 0.15) is 0 Å². The number of anilines is 2. The maximum Gasteiger partial charge on any atom is 0.227 e. The molecule has 1 fully saturated rings. The van der Waals surface area contributed by atoms with Gasteiger partial charge in [-0.15, -0.1) is 0 Å². The Bertz CT molecular complexity index is 858. The summed E-state index contributed by atoms with van der Waals surface area (Å²) in [5, 5.41) is 2.82. The summed E-state index contributed by atoms with van der Waals surface area (Å²) in [5.41, 5.74) is 3.29. The van der Waals surface area contributed by atoms with Crippen LogP contribution in [0, 0.1) is 0 Å². The fourth-order valence-electron chi connectivity index (χ4n) is 3.41. The van der Waals surface area contributed by atoms with E-state index in [9.17, 15) is 14.4 Å². The first-order valence-electron chi connectivity index (χ1n) is 9.89. The maximum absolute atomic E-state index is 12.3. The summed E-state index contributed by atoms with van der Waals surface area (Å²) >= 11 is 0. The number of hydrogen-bond acceptors (Lipinski definition) is 3. The molecule has 5 nitrogen and oxygen atoms in total. The van der Waals surface area contributed by atoms with Crippen molar-refractivity contribution in [2.45, 2.75) is 45.4 Å². The molecule has 1 N–H and O–H groups in total. The number of hydrogen-bond donors (Lipinski definition) is 1. The summed E-state index contributed by atoms with van der Waals surface area (Å²) in [6, 6.07) is 14.9. The Balaban J connectivity index is 1.52. The number of nitrogens with zero attached hydrogens (tertiary/aromatic N) is 1. The molecular weight excluding hydrogens is 352 g/mol. The fraction of sp³-hybridized carbons (Fsp3) is 0.348. The summed E-state index contributed by atoms with van der Waals surface area (Å²) in [6.07, 6.45) is 3.79. The molecule has 2 aromatic carbocycles. The highest BCUT2D eigenvalue weighted by Crippen LogP contribution is 2.24. The highest BCUT2D eigenvalue weighted by molar-refractivity contribution is 6.00. The van der Waals surface area contributed by atoms with Crippen molar-refractivity contribution in [1.29, 1.82) is 0 Å². The van der Waals surface area contributed by atoms with E-state index in [1.807, 2.05) is 36.4 Å². The smallest absolute Gasteiger partial charge is 0.227 e. The minimum Gasteiger partial charge on any atom is -0.326 e. The lowest BCUT2D eigenvalue weighted by Gasteiger charge is -2.16. The van der Waals surface area contributed by atoms with Crippen molar-refractivity contribution in [3.63, 3.8) is 0 Å². The summed E-state index contributed by atoms with van der Waals surface area (Å²) < 4.78 is 0. The van der Waals surface area contributed by atoms with E-state index in [1.54, 1.807) is 17.0 Å². The second kappa shape index (κ2) is 9.31. The molecule has 1 aliphatic heterocycles. The zero-order valence-electron chi connectivity index (χ0n) is 16.2. The quantitative estimate of drug-likeness (QED) is 0.694. The SMILES string of the molecule is CCCc1ccc(C(=O)CCC(=O)Nc2cccc(N3CCCC3=O)c2)cc1. The van der Waals surface area contributed by atoms with Gasteiger partial charge in [0, 0.05) is 42.7 Å². The number of carbonyl (C=O) groups excluding carboxylic acids is 3. The van der Waals surface area contributed by atoms with E-state index in [-0.39, 0.29) is 30.4 Å². The number of benzene rings is 2. The van der Waals surface area contributed by atoms with E-state index >= 15 is 0 Å². The Morgan fingerprint density at radius 2 is 1.86 bits per heavy atom. The third-order valence-corrected chi connectivity index (χ3v) is 4.91. The van der Waals surface area contributed by atoms with Crippen LogP contribution in [0.5, 0.6) is 0 Å². The van der Waals surface area contributed by atoms with E-state index in [1.165, 1.54) is 5.56 Å². The molecule has 0 unspecified atom stereocenters. The van der Waals surface area contributed by atoms with E-state index in [0.717, 1.165) is 24.9 Å². The number of rotatable bonds is 8. The first kappa shape index (κ1) is 19.8. The Labute approximate surface area is 165 Å². The molecule has 28 heavy (non-hydrogen) atoms. The first-order valence-corrected chi connectivity index (χ1v) is 9.89. The van der Waals surface area contributed by atoms with Crippen molar-refractivity contribution < 1.29 is 14.4 Å². The lowest BCUT2D eigenvalue weighted by molar-refractivity contribution is -0.117. The molecule has 146 valence electrons. The Hall–Kier alpha value is -2.95. The van der Waals surface area contributed by atoms with Crippen LogP contribution in [-0.2, 0) is 16.0 Å². The molecule has 0 bridgehead atoms. The monoisotopic (exact) mass is 378 g/mol. The molecule has 0 aliphatic carbocycles. The molecule has 5 heteroatoms. The summed E-state index contributed by atoms with van der Waals surface area (Å²) in [6.45, 7) is 2.83. The van der Waals surface area contributed by atoms with E-state index in [4.69, 9.17) is 0 Å². The molecule has 0 saturated carbocycles. The van der Waals surface area contributed by atoms with Crippen LogP contribution in [0.1, 0.15) is 54.9 Å². The standard InChI is InChI=1S/C23H26N2O3/c1-2-5-17-9-11-18(12-10-17)21(26)13-14-22(27)24-19-6-3-7-20(16-19)25-15-4-8-23(25)28/h3,6-7,9-12,16H,2,4-5,8,13-15H2,1H3,(H,24,27). The van der Waals surface area contributed by atoms with Crippen LogP contribution in [0.15, 0.2) is 48.5 Å². The van der Waals surface area contributed by atoms with Gasteiger partial charge in [-0.25, -0.2) is 0 Å². The zero-order valence-corrected chi connectivity index (χ0v) is 16.2. The van der Waals surface area contributed by atoms with Crippen molar-refractivity contribution in [2.24, 2.45) is 0 Å². The van der Waals surface area contributed by atoms with Crippen LogP contribution in [0.2, 0.25) is 0 Å². The summed E-state index contributed by atoms with van der Waals surface area (Å²) in [5.74, 6) is -0.130. The molecule has 3 rings (SSSR count). The van der Waals surface area contributed by atoms with Gasteiger partial charge in [-0.1, -0.05) is 43.7 Å². The second-order valence-electron chi connectivity index (χ2n) is 7.12. The number of nitrogens with one attached hydrogen (secondary N) is 1. The third-order valence-electron chi connectivity index (χ3n) is 4.91. The number of ketones is 1. The first-order chi connectivity index (χ1) is 13.6. The molecule has 1 aliphatic rings. The van der Waals surface area contributed by atoms with Gasteiger partial charge < -0.3 is 10.2 Å². The molecular formula is C23H26N2O3. The van der Waals surface area contributed by atoms with Crippen LogP contribution < -0.4 is 10.2 Å². The van der Waals surface area contributed by atoms with Gasteiger partial charge in [0.15, 0.2) is 5.78 Å². The van der Waals surface area contributed by atoms with Crippen LogP contribution in [0.3, 0.4) is 0 Å². The molecule has 0 atom stereocenters. The van der Waals surface area contributed by atoms with Gasteiger partial charge in [-0.2, -0.15) is 0 Å². The lowest BCUT2D eigenvalue weighted by Crippen LogP contribution is -2.23. The van der Waals surface area contributed by atoms with Crippen LogP contribution in [0.25, 0.3) is 0 Å². The lowest BCUT2D eigenvalue weighted by atomic mass is 10.0. The highest BCUT2D eigenvalue weighted by Gasteiger charge is 2.21. The molecule has 2 amide bonds. The number of carbonyl (C=O) groups is 3. The van der Waals surface area contributed by atoms with Crippen molar-refractivity contribution in [3.8, 4) is 0 Å². The molecule has 0 radical (unpaired) electrons. The predicted molar refractivity (Wildman–Crippen MR) is 111 cm³/mol. The molecule has 0 spiro atoms. The van der Waals surface area contributed by atoms with Crippen molar-refractivity contribution in [3.05, 3.63) is 59.7 Å². The average molecular weight is 378 g/mol. The Morgan fingerprint density at radius 3 is 2.54 bits per heavy atom. The zero-order chi connectivity index (χ0) is 19.9. The van der Waals surface area contributed by atoms with E-state index in [0.29, 0.717) is 24.2 Å². The predicted octanol–water partition coefficient (Wildman–Crippen LogP) is 4.37. The van der Waals surface area contributed by atoms with Gasteiger partial charge >= 0.3 is 0 Å². The molecule has 1 heterocycles. The number of amides is 2. The van der Waals surface area contributed by atoms with Gasteiger partial charge in [0.25, 0.3) is 0 Å². The number of Topliss-reactive ketones (excluding diaryl/α,β-unsaturated/α-hetero) is 1. The van der Waals surface area contributed by atoms with Crippen molar-refractivity contribution in [1.82, 2.24) is 0 Å². The molecule has 2 aromatic rings. The minimum atomic E-state index is -0.208. The Kier molecular flexibility index (Phi) is 6.58. The fourth-order valence-corrected chi connectivity index (χ4v) is 3.41. The summed E-state index contributed by atoms with van der Waals surface area (Å²) in [4.78, 5) is 38.2. The van der Waals surface area contributed by atoms with Crippen LogP contribution in [0.4, 0.5) is 11.4 Å². The minimum absolute atomic E-state index is 0.0328. The van der Waals surface area contributed by atoms with Crippen LogP contribution >= 0.6 is 0 Å². The van der Waals surface area contributed by atoms with E-state index in [2.05, 4.69) is 12.2 Å². The third kappa shape index (κ3) is 5.06. The largest absolute Gasteiger partial charge is 0.326 e. The van der Waals surface area contributed by atoms with Crippen molar-refractivity contribution in [2.75, 3.05) is 16.8 Å². The van der Waals surface area contributed by atoms with Crippen molar-refractivity contribution >= 4 is 29.0 Å². The number of aryl methyl sites for hydroxylation is 1. The molecule has 1 saturated heterocycles. The average Bonchev–Trinajstić information content (AvgIpc) is 3.13. The van der Waals surface area contributed by atoms with Gasteiger partial charge in [-0.05, 0) is 36.6 Å². The normalized spacial score (nSPS) is 13.6. The second-order valence-corrected chi connectivity index (χ2v) is 7.12. The topological polar surface area (TPSA) is 66.5 Å². The van der Waals surface area contributed by atoms with Gasteiger partial charge in [-0.3, -0.25) is 14.4 Å². The van der Waals surface area contributed by atoms with E-state index < -0.39 is 0 Å². The van der Waals surface area contributed by atoms with Gasteiger partial charge in [0.2, 0.25) is 11.8 Å². The molecule has 0 aromatic heterocycles. The highest BCUT2D eigenvalue weighted by atomic mass is 16.2. The Morgan fingerprint density at radius 1 is 1.07 bits per heavy atom.